The van der Waals surface area contributed by atoms with E-state index in [4.69, 9.17) is 5.73 Å². The molecule has 0 saturated carbocycles. The van der Waals surface area contributed by atoms with Gasteiger partial charge in [0.05, 0.1) is 18.5 Å². The minimum absolute atomic E-state index is 0.0430. The number of carbonyl (C=O) groups is 1. The number of para-hydroxylation sites is 1. The van der Waals surface area contributed by atoms with Gasteiger partial charge in [-0.2, -0.15) is 0 Å². The summed E-state index contributed by atoms with van der Waals surface area (Å²) in [6.45, 7) is 0. The van der Waals surface area contributed by atoms with E-state index in [2.05, 4.69) is 4.74 Å². The molecule has 1 aromatic rings. The maximum atomic E-state index is 11.0. The second-order valence-electron chi connectivity index (χ2n) is 2.86. The third-order valence-electron chi connectivity index (χ3n) is 1.90. The Morgan fingerprint density at radius 3 is 2.80 bits per heavy atom. The molecule has 0 aromatic heterocycles. The van der Waals surface area contributed by atoms with Crippen LogP contribution in [-0.2, 0) is 16.0 Å². The third-order valence-corrected chi connectivity index (χ3v) is 1.90. The molecule has 0 fully saturated rings. The van der Waals surface area contributed by atoms with E-state index in [0.717, 1.165) is 0 Å². The van der Waals surface area contributed by atoms with Crippen LogP contribution in [0.3, 0.4) is 0 Å². The van der Waals surface area contributed by atoms with Crippen molar-refractivity contribution in [3.63, 3.8) is 0 Å². The van der Waals surface area contributed by atoms with Crippen molar-refractivity contribution in [3.05, 3.63) is 33.9 Å². The number of esters is 1. The molecule has 2 N–H and O–H groups in total. The average Bonchev–Trinajstić information content (AvgIpc) is 2.17. The predicted molar refractivity (Wildman–Crippen MR) is 53.2 cm³/mol. The van der Waals surface area contributed by atoms with Crippen LogP contribution in [0.4, 0.5) is 11.4 Å². The van der Waals surface area contributed by atoms with Gasteiger partial charge >= 0.3 is 5.97 Å². The molecule has 6 heteroatoms. The van der Waals surface area contributed by atoms with Gasteiger partial charge in [-0.25, -0.2) is 0 Å². The Kier molecular flexibility index (Phi) is 3.22. The molecule has 0 aliphatic rings. The Labute approximate surface area is 85.8 Å². The quantitative estimate of drug-likeness (QED) is 0.346. The normalized spacial score (nSPS) is 9.67. The zero-order valence-corrected chi connectivity index (χ0v) is 8.10. The second-order valence-corrected chi connectivity index (χ2v) is 2.86. The van der Waals surface area contributed by atoms with Gasteiger partial charge in [0.15, 0.2) is 0 Å². The van der Waals surface area contributed by atoms with E-state index in [0.29, 0.717) is 0 Å². The lowest BCUT2D eigenvalue weighted by atomic mass is 10.1. The molecule has 0 bridgehead atoms. The van der Waals surface area contributed by atoms with Crippen molar-refractivity contribution in [2.45, 2.75) is 6.42 Å². The molecular formula is C9H10N2O4. The van der Waals surface area contributed by atoms with Crippen LogP contribution in [0, 0.1) is 10.1 Å². The first-order valence-electron chi connectivity index (χ1n) is 4.15. The maximum absolute atomic E-state index is 11.0. The first-order valence-corrected chi connectivity index (χ1v) is 4.15. The van der Waals surface area contributed by atoms with Crippen molar-refractivity contribution in [1.29, 1.82) is 0 Å². The highest BCUT2D eigenvalue weighted by molar-refractivity contribution is 5.76. The largest absolute Gasteiger partial charge is 0.469 e. The number of nitrogens with zero attached hydrogens (tertiary/aromatic N) is 1. The van der Waals surface area contributed by atoms with Crippen LogP contribution < -0.4 is 5.73 Å². The van der Waals surface area contributed by atoms with E-state index < -0.39 is 10.9 Å². The lowest BCUT2D eigenvalue weighted by Gasteiger charge is -2.03. The molecule has 0 atom stereocenters. The summed E-state index contributed by atoms with van der Waals surface area (Å²) in [4.78, 5) is 21.1. The number of hydrogen-bond donors (Lipinski definition) is 1. The first-order chi connectivity index (χ1) is 7.06. The number of nitrogens with two attached hydrogens (primary N) is 1. The molecule has 1 aromatic carbocycles. The zero-order valence-electron chi connectivity index (χ0n) is 8.10. The molecule has 1 rings (SSSR count). The fourth-order valence-corrected chi connectivity index (χ4v) is 1.20. The van der Waals surface area contributed by atoms with Crippen LogP contribution in [0.1, 0.15) is 5.56 Å². The molecule has 0 aliphatic heterocycles. The molecule has 15 heavy (non-hydrogen) atoms. The van der Waals surface area contributed by atoms with Crippen LogP contribution in [0.5, 0.6) is 0 Å². The highest BCUT2D eigenvalue weighted by atomic mass is 16.6. The Hall–Kier alpha value is -2.11. The summed E-state index contributed by atoms with van der Waals surface area (Å²) in [5.74, 6) is -0.538. The summed E-state index contributed by atoms with van der Waals surface area (Å²) in [5, 5.41) is 10.7. The van der Waals surface area contributed by atoms with Gasteiger partial charge < -0.3 is 10.5 Å². The fourth-order valence-electron chi connectivity index (χ4n) is 1.20. The number of nitro benzene ring substituents is 1. The SMILES string of the molecule is COC(=O)Cc1cccc(N)c1[N+](=O)[O-]. The van der Waals surface area contributed by atoms with E-state index in [1.807, 2.05) is 0 Å². The second kappa shape index (κ2) is 4.41. The molecule has 0 heterocycles. The van der Waals surface area contributed by atoms with Gasteiger partial charge in [-0.15, -0.1) is 0 Å². The molecule has 0 spiro atoms. The first kappa shape index (κ1) is 11.0. The summed E-state index contributed by atoms with van der Waals surface area (Å²) < 4.78 is 4.43. The van der Waals surface area contributed by atoms with Crippen molar-refractivity contribution in [2.24, 2.45) is 0 Å². The van der Waals surface area contributed by atoms with Crippen LogP contribution >= 0.6 is 0 Å². The number of nitro groups is 1. The Morgan fingerprint density at radius 1 is 1.60 bits per heavy atom. The van der Waals surface area contributed by atoms with Crippen LogP contribution in [0.15, 0.2) is 18.2 Å². The van der Waals surface area contributed by atoms with Crippen molar-refractivity contribution >= 4 is 17.3 Å². The number of ether oxygens (including phenoxy) is 1. The summed E-state index contributed by atoms with van der Waals surface area (Å²) in [7, 11) is 1.22. The van der Waals surface area contributed by atoms with Crippen molar-refractivity contribution < 1.29 is 14.5 Å². The number of methoxy groups -OCH3 is 1. The van der Waals surface area contributed by atoms with Gasteiger partial charge in [-0.05, 0) is 6.07 Å². The highest BCUT2D eigenvalue weighted by Crippen LogP contribution is 2.26. The number of carbonyl (C=O) groups excluding carboxylic acids is 1. The van der Waals surface area contributed by atoms with E-state index in [1.165, 1.54) is 19.2 Å². The monoisotopic (exact) mass is 210 g/mol. The van der Waals surface area contributed by atoms with Gasteiger partial charge in [-0.1, -0.05) is 12.1 Å². The van der Waals surface area contributed by atoms with Crippen molar-refractivity contribution in [2.75, 3.05) is 12.8 Å². The molecular weight excluding hydrogens is 200 g/mol. The maximum Gasteiger partial charge on any atom is 0.310 e. The Bertz CT molecular complexity index is 403. The minimum Gasteiger partial charge on any atom is -0.469 e. The average molecular weight is 210 g/mol. The van der Waals surface area contributed by atoms with E-state index in [-0.39, 0.29) is 23.4 Å². The summed E-state index contributed by atoms with van der Waals surface area (Å²) >= 11 is 0. The number of benzene rings is 1. The van der Waals surface area contributed by atoms with E-state index >= 15 is 0 Å². The summed E-state index contributed by atoms with van der Waals surface area (Å²) in [5.41, 5.74) is 5.51. The van der Waals surface area contributed by atoms with Crippen LogP contribution in [0.25, 0.3) is 0 Å². The van der Waals surface area contributed by atoms with Gasteiger partial charge in [0.2, 0.25) is 0 Å². The Balaban J connectivity index is 3.11. The molecule has 80 valence electrons. The van der Waals surface area contributed by atoms with Gasteiger partial charge in [0.1, 0.15) is 5.69 Å². The third kappa shape index (κ3) is 2.43. The Morgan fingerprint density at radius 2 is 2.27 bits per heavy atom. The standard InChI is InChI=1S/C9H10N2O4/c1-15-8(12)5-6-3-2-4-7(10)9(6)11(13)14/h2-4H,5,10H2,1H3. The van der Waals surface area contributed by atoms with Crippen LogP contribution in [-0.4, -0.2) is 18.0 Å². The molecule has 0 amide bonds. The minimum atomic E-state index is -0.604. The smallest absolute Gasteiger partial charge is 0.310 e. The van der Waals surface area contributed by atoms with Crippen molar-refractivity contribution in [1.82, 2.24) is 0 Å². The zero-order chi connectivity index (χ0) is 11.4. The number of anilines is 1. The van der Waals surface area contributed by atoms with Gasteiger partial charge in [0.25, 0.3) is 5.69 Å². The van der Waals surface area contributed by atoms with Gasteiger partial charge in [-0.3, -0.25) is 14.9 Å². The van der Waals surface area contributed by atoms with E-state index in [1.54, 1.807) is 6.07 Å². The topological polar surface area (TPSA) is 95.5 Å². The van der Waals surface area contributed by atoms with Crippen LogP contribution in [0.2, 0.25) is 0 Å². The predicted octanol–water partition coefficient (Wildman–Crippen LogP) is 0.892. The summed E-state index contributed by atoms with van der Waals surface area (Å²) in [6, 6.07) is 4.45. The fraction of sp³-hybridized carbons (Fsp3) is 0.222. The lowest BCUT2D eigenvalue weighted by Crippen LogP contribution is -2.08. The van der Waals surface area contributed by atoms with Crippen molar-refractivity contribution in [3.8, 4) is 0 Å². The number of nitrogen functional groups attached to an aromatic ring is 1. The number of rotatable bonds is 3. The van der Waals surface area contributed by atoms with E-state index in [9.17, 15) is 14.9 Å². The number of hydrogen-bond acceptors (Lipinski definition) is 5. The molecule has 6 nitrogen and oxygen atoms in total. The molecule has 0 radical (unpaired) electrons. The highest BCUT2D eigenvalue weighted by Gasteiger charge is 2.19. The molecule has 0 saturated heterocycles. The molecule has 0 aliphatic carbocycles. The van der Waals surface area contributed by atoms with Gasteiger partial charge in [0, 0.05) is 5.56 Å². The summed E-state index contributed by atoms with van der Waals surface area (Å²) in [6.07, 6.45) is -0.155. The lowest BCUT2D eigenvalue weighted by molar-refractivity contribution is -0.384. The molecule has 0 unspecified atom stereocenters.